The van der Waals surface area contributed by atoms with Crippen LogP contribution in [0.15, 0.2) is 18.3 Å². The molecule has 0 N–H and O–H groups in total. The number of aromatic nitrogens is 1. The lowest BCUT2D eigenvalue weighted by atomic mass is 10.1. The highest BCUT2D eigenvalue weighted by Crippen LogP contribution is 2.21. The summed E-state index contributed by atoms with van der Waals surface area (Å²) in [6.07, 6.45) is 10.8. The minimum atomic E-state index is -0.536. The molecule has 0 unspecified atom stereocenters. The van der Waals surface area contributed by atoms with E-state index >= 15 is 0 Å². The maximum absolute atomic E-state index is 13.2. The third kappa shape index (κ3) is 15.5. The van der Waals surface area contributed by atoms with Crippen LogP contribution in [0.1, 0.15) is 89.0 Å². The van der Waals surface area contributed by atoms with Crippen molar-refractivity contribution in [2.75, 3.05) is 67.5 Å². The summed E-state index contributed by atoms with van der Waals surface area (Å²) in [5, 5.41) is 0. The van der Waals surface area contributed by atoms with Crippen molar-refractivity contribution in [3.8, 4) is 5.75 Å². The zero-order chi connectivity index (χ0) is 29.3. The molecule has 1 rings (SSSR count). The molecule has 41 heavy (non-hydrogen) atoms. The highest BCUT2D eigenvalue weighted by atomic mass is 79.9. The van der Waals surface area contributed by atoms with Crippen molar-refractivity contribution in [3.05, 3.63) is 24.0 Å². The van der Waals surface area contributed by atoms with Gasteiger partial charge in [-0.2, -0.15) is 0 Å². The Kier molecular flexibility index (Phi) is 22.4. The zero-order valence-electron chi connectivity index (χ0n) is 26.4. The number of hydrogen-bond donors (Lipinski definition) is 0. The molecule has 0 spiro atoms. The van der Waals surface area contributed by atoms with Crippen LogP contribution in [-0.4, -0.2) is 104 Å². The van der Waals surface area contributed by atoms with Crippen molar-refractivity contribution in [1.29, 1.82) is 0 Å². The monoisotopic (exact) mass is 708 g/mol. The van der Waals surface area contributed by atoms with Crippen molar-refractivity contribution in [2.45, 2.75) is 78.6 Å². The summed E-state index contributed by atoms with van der Waals surface area (Å²) in [7, 11) is 6.96. The normalized spacial score (nSPS) is 11.2. The number of amides is 2. The largest absolute Gasteiger partial charge is 1.00 e. The Hall–Kier alpha value is -1.56. The van der Waals surface area contributed by atoms with Crippen LogP contribution in [0, 0.1) is 0 Å². The fraction of sp³-hybridized carbons (Fsp3) is 0.733. The molecule has 0 aliphatic heterocycles. The first-order chi connectivity index (χ1) is 18.5. The fourth-order valence-corrected chi connectivity index (χ4v) is 4.65. The van der Waals surface area contributed by atoms with Gasteiger partial charge in [-0.25, -0.2) is 14.6 Å². The van der Waals surface area contributed by atoms with Crippen LogP contribution >= 0.6 is 0 Å². The molecule has 0 bridgehead atoms. The van der Waals surface area contributed by atoms with Crippen molar-refractivity contribution in [3.63, 3.8) is 0 Å². The van der Waals surface area contributed by atoms with Crippen molar-refractivity contribution in [1.82, 2.24) is 9.88 Å². The molecule has 11 heteroatoms. The topological polar surface area (TPSA) is 85.8 Å². The first-order valence-corrected chi connectivity index (χ1v) is 14.7. The van der Waals surface area contributed by atoms with Crippen LogP contribution in [-0.2, 0) is 9.53 Å². The molecule has 0 aliphatic carbocycles. The van der Waals surface area contributed by atoms with Gasteiger partial charge >= 0.3 is 18.0 Å². The van der Waals surface area contributed by atoms with Gasteiger partial charge in [0, 0.05) is 26.7 Å². The second-order valence-electron chi connectivity index (χ2n) is 11.2. The lowest BCUT2D eigenvalue weighted by Crippen LogP contribution is -3.00. The Morgan fingerprint density at radius 2 is 1.37 bits per heavy atom. The van der Waals surface area contributed by atoms with E-state index in [0.29, 0.717) is 19.6 Å². The number of nitrogens with zero attached hydrogens (tertiary/aromatic N) is 4. The van der Waals surface area contributed by atoms with Crippen LogP contribution < -0.4 is 38.7 Å². The Morgan fingerprint density at radius 1 is 0.829 bits per heavy atom. The lowest BCUT2D eigenvalue weighted by Gasteiger charge is -2.36. The number of likely N-dealkylation sites (N-methyl/N-ethyl adjacent to an activating group) is 1. The molecule has 0 fully saturated rings. The van der Waals surface area contributed by atoms with E-state index in [9.17, 15) is 14.4 Å². The molecule has 1 aromatic rings. The average Bonchev–Trinajstić information content (AvgIpc) is 2.92. The van der Waals surface area contributed by atoms with Crippen LogP contribution in [0.3, 0.4) is 0 Å². The summed E-state index contributed by atoms with van der Waals surface area (Å²) in [5.41, 5.74) is 0.188. The molecule has 238 valence electrons. The summed E-state index contributed by atoms with van der Waals surface area (Å²) in [4.78, 5) is 42.2. The molecule has 9 nitrogen and oxygen atoms in total. The van der Waals surface area contributed by atoms with E-state index in [-0.39, 0.29) is 61.8 Å². The third-order valence-electron chi connectivity index (χ3n) is 7.64. The second-order valence-corrected chi connectivity index (χ2v) is 11.2. The highest BCUT2D eigenvalue weighted by Gasteiger charge is 2.32. The van der Waals surface area contributed by atoms with Gasteiger partial charge in [0.25, 0.3) is 0 Å². The minimum Gasteiger partial charge on any atom is -1.00 e. The number of pyridine rings is 1. The number of hydrogen-bond acceptors (Lipinski definition) is 6. The number of carbonyl (C=O) groups is 3. The van der Waals surface area contributed by atoms with E-state index in [1.54, 1.807) is 32.4 Å². The van der Waals surface area contributed by atoms with E-state index in [1.807, 2.05) is 21.0 Å². The predicted molar refractivity (Wildman–Crippen MR) is 155 cm³/mol. The predicted octanol–water partition coefficient (Wildman–Crippen LogP) is -0.703. The van der Waals surface area contributed by atoms with E-state index in [4.69, 9.17) is 9.47 Å². The van der Waals surface area contributed by atoms with E-state index in [0.717, 1.165) is 49.9 Å². The Morgan fingerprint density at radius 3 is 1.88 bits per heavy atom. The quantitative estimate of drug-likeness (QED) is 0.107. The first-order valence-electron chi connectivity index (χ1n) is 14.7. The van der Waals surface area contributed by atoms with Crippen molar-refractivity contribution < 1.29 is 66.8 Å². The number of unbranched alkanes of at least 4 members (excludes halogenated alkanes) is 7. The third-order valence-corrected chi connectivity index (χ3v) is 7.64. The van der Waals surface area contributed by atoms with E-state index in [2.05, 4.69) is 18.8 Å². The van der Waals surface area contributed by atoms with Gasteiger partial charge in [-0.05, 0) is 51.7 Å². The maximum Gasteiger partial charge on any atom is 0.414 e. The fourth-order valence-electron chi connectivity index (χ4n) is 4.65. The Labute approximate surface area is 269 Å². The van der Waals surface area contributed by atoms with Crippen LogP contribution in [0.5, 0.6) is 5.75 Å². The molecule has 0 saturated heterocycles. The van der Waals surface area contributed by atoms with Gasteiger partial charge in [-0.3, -0.25) is 9.28 Å². The molecule has 1 aromatic heterocycles. The molecular formula is C30H54Br2N4O5. The van der Waals surface area contributed by atoms with E-state index < -0.39 is 6.09 Å². The van der Waals surface area contributed by atoms with Gasteiger partial charge in [-0.15, -0.1) is 0 Å². The standard InChI is InChI=1S/C30H54N4O5.2BrH/c1-8-27(35)38-25-24-34(9-2,10-3)23-18-16-14-12-11-13-15-17-22-33(6,7)29(36)28-26(20-19-21-31-28)39-30(37)32(4)5;;/h19-21H,8-18,22-25H2,1-7H3;2*1H/q+2;;/p-2. The van der Waals surface area contributed by atoms with Gasteiger partial charge in [0.1, 0.15) is 13.2 Å². The number of carbonyl (C=O) groups excluding carboxylic acids is 3. The highest BCUT2D eigenvalue weighted by molar-refractivity contribution is 5.90. The first kappa shape index (κ1) is 41.6. The summed E-state index contributed by atoms with van der Waals surface area (Å²) < 4.78 is 11.9. The molecule has 0 atom stereocenters. The lowest BCUT2D eigenvalue weighted by molar-refractivity contribution is -0.925. The smallest absolute Gasteiger partial charge is 0.414 e. The van der Waals surface area contributed by atoms with Gasteiger partial charge in [-0.1, -0.05) is 32.6 Å². The summed E-state index contributed by atoms with van der Waals surface area (Å²) >= 11 is 0. The summed E-state index contributed by atoms with van der Waals surface area (Å²) in [6, 6.07) is 3.26. The average molecular weight is 711 g/mol. The van der Waals surface area contributed by atoms with Crippen LogP contribution in [0.2, 0.25) is 0 Å². The molecule has 1 heterocycles. The number of rotatable bonds is 19. The van der Waals surface area contributed by atoms with Gasteiger partial charge < -0.3 is 52.8 Å². The molecule has 0 saturated carbocycles. The Balaban J connectivity index is 0. The van der Waals surface area contributed by atoms with Crippen molar-refractivity contribution in [2.24, 2.45) is 0 Å². The zero-order valence-corrected chi connectivity index (χ0v) is 29.6. The molecule has 2 amide bonds. The summed E-state index contributed by atoms with van der Waals surface area (Å²) in [6.45, 7) is 11.7. The molecular weight excluding hydrogens is 656 g/mol. The van der Waals surface area contributed by atoms with E-state index in [1.165, 1.54) is 37.0 Å². The minimum absolute atomic E-state index is 0. The SMILES string of the molecule is CCC(=O)OCC[N+](CC)(CC)CCCCCCCCCC[N+](C)(C)C(=O)c1ncccc1OC(=O)N(C)C.[Br-].[Br-]. The molecule has 0 aliphatic rings. The summed E-state index contributed by atoms with van der Waals surface area (Å²) in [5.74, 6) is -0.0739. The van der Waals surface area contributed by atoms with Crippen molar-refractivity contribution >= 4 is 18.0 Å². The van der Waals surface area contributed by atoms with Gasteiger partial charge in [0.15, 0.2) is 5.75 Å². The number of halogens is 2. The number of quaternary nitrogens is 2. The Bertz CT molecular complexity index is 895. The van der Waals surface area contributed by atoms with Crippen LogP contribution in [0.4, 0.5) is 4.79 Å². The molecule has 0 radical (unpaired) electrons. The van der Waals surface area contributed by atoms with Crippen LogP contribution in [0.25, 0.3) is 0 Å². The number of ether oxygens (including phenoxy) is 2. The van der Waals surface area contributed by atoms with Gasteiger partial charge in [0.2, 0.25) is 5.69 Å². The molecule has 0 aromatic carbocycles. The number of esters is 1. The van der Waals surface area contributed by atoms with Gasteiger partial charge in [0.05, 0.1) is 40.3 Å². The second kappa shape index (κ2) is 22.0. The maximum atomic E-state index is 13.2.